The standard InChI is InChI=1S/C25H18N2O2S/c1-16-23(25(28)29-15-22-26-20-13-7-8-14-21(20)30-22)18-11-5-6-12-19(18)27-24(16)17-9-3-2-4-10-17/h2-14H,15H2,1H3. The van der Waals surface area contributed by atoms with E-state index in [-0.39, 0.29) is 12.6 Å². The van der Waals surface area contributed by atoms with Gasteiger partial charge in [-0.15, -0.1) is 11.3 Å². The molecule has 5 aromatic rings. The molecule has 4 nitrogen and oxygen atoms in total. The fourth-order valence-corrected chi connectivity index (χ4v) is 4.51. The van der Waals surface area contributed by atoms with Crippen molar-refractivity contribution >= 4 is 38.4 Å². The van der Waals surface area contributed by atoms with Gasteiger partial charge in [0.2, 0.25) is 0 Å². The molecule has 0 aliphatic carbocycles. The van der Waals surface area contributed by atoms with Gasteiger partial charge in [0.1, 0.15) is 11.6 Å². The molecule has 0 atom stereocenters. The molecule has 2 heterocycles. The van der Waals surface area contributed by atoms with Gasteiger partial charge in [-0.2, -0.15) is 0 Å². The Kier molecular flexibility index (Phi) is 4.73. The molecule has 0 radical (unpaired) electrons. The predicted molar refractivity (Wildman–Crippen MR) is 121 cm³/mol. The van der Waals surface area contributed by atoms with Crippen LogP contribution < -0.4 is 0 Å². The highest BCUT2D eigenvalue weighted by Crippen LogP contribution is 2.30. The number of rotatable bonds is 4. The molecule has 0 fully saturated rings. The summed E-state index contributed by atoms with van der Waals surface area (Å²) in [6, 6.07) is 25.5. The molecule has 0 N–H and O–H groups in total. The molecule has 0 unspecified atom stereocenters. The molecule has 0 spiro atoms. The number of aromatic nitrogens is 2. The quantitative estimate of drug-likeness (QED) is 0.332. The van der Waals surface area contributed by atoms with E-state index < -0.39 is 0 Å². The molecular weight excluding hydrogens is 392 g/mol. The molecule has 0 bridgehead atoms. The van der Waals surface area contributed by atoms with Crippen molar-refractivity contribution in [3.63, 3.8) is 0 Å². The van der Waals surface area contributed by atoms with Gasteiger partial charge in [-0.05, 0) is 30.7 Å². The minimum atomic E-state index is -0.359. The lowest BCUT2D eigenvalue weighted by Gasteiger charge is -2.14. The third-order valence-corrected chi connectivity index (χ3v) is 6.06. The number of ether oxygens (including phenoxy) is 1. The molecule has 0 aliphatic heterocycles. The van der Waals surface area contributed by atoms with Crippen LogP contribution in [0.5, 0.6) is 0 Å². The molecule has 5 rings (SSSR count). The Bertz CT molecular complexity index is 1340. The number of fused-ring (bicyclic) bond motifs is 2. The first-order valence-corrected chi connectivity index (χ1v) is 10.5. The molecule has 5 heteroatoms. The molecule has 0 amide bonds. The van der Waals surface area contributed by atoms with E-state index in [0.717, 1.165) is 42.9 Å². The SMILES string of the molecule is Cc1c(-c2ccccc2)nc2ccccc2c1C(=O)OCc1nc2ccccc2s1. The molecule has 146 valence electrons. The van der Waals surface area contributed by atoms with Crippen LogP contribution in [0.4, 0.5) is 0 Å². The topological polar surface area (TPSA) is 52.1 Å². The lowest BCUT2D eigenvalue weighted by molar-refractivity contribution is 0.0474. The molecule has 30 heavy (non-hydrogen) atoms. The molecular formula is C25H18N2O2S. The minimum Gasteiger partial charge on any atom is -0.455 e. The van der Waals surface area contributed by atoms with Crippen LogP contribution in [0, 0.1) is 6.92 Å². The number of carbonyl (C=O) groups is 1. The van der Waals surface area contributed by atoms with Crippen molar-refractivity contribution in [3.8, 4) is 11.3 Å². The van der Waals surface area contributed by atoms with Gasteiger partial charge in [-0.1, -0.05) is 60.7 Å². The van der Waals surface area contributed by atoms with Gasteiger partial charge < -0.3 is 4.74 Å². The first-order chi connectivity index (χ1) is 14.7. The Morgan fingerprint density at radius 2 is 1.57 bits per heavy atom. The van der Waals surface area contributed by atoms with Crippen LogP contribution in [0.1, 0.15) is 20.9 Å². The lowest BCUT2D eigenvalue weighted by Crippen LogP contribution is -2.10. The Balaban J connectivity index is 1.53. The third kappa shape index (κ3) is 3.33. The predicted octanol–water partition coefficient (Wildman–Crippen LogP) is 6.18. The summed E-state index contributed by atoms with van der Waals surface area (Å²) in [5.41, 5.74) is 4.83. The van der Waals surface area contributed by atoms with Crippen LogP contribution in [0.15, 0.2) is 78.9 Å². The zero-order valence-electron chi connectivity index (χ0n) is 16.3. The number of hydrogen-bond acceptors (Lipinski definition) is 5. The van der Waals surface area contributed by atoms with E-state index in [2.05, 4.69) is 4.98 Å². The zero-order chi connectivity index (χ0) is 20.5. The lowest BCUT2D eigenvalue weighted by atomic mass is 9.98. The number of esters is 1. The van der Waals surface area contributed by atoms with E-state index >= 15 is 0 Å². The summed E-state index contributed by atoms with van der Waals surface area (Å²) in [5, 5.41) is 1.58. The second-order valence-electron chi connectivity index (χ2n) is 7.00. The van der Waals surface area contributed by atoms with Gasteiger partial charge in [-0.25, -0.2) is 14.8 Å². The van der Waals surface area contributed by atoms with E-state index in [9.17, 15) is 4.79 Å². The van der Waals surface area contributed by atoms with Gasteiger partial charge in [-0.3, -0.25) is 0 Å². The average Bonchev–Trinajstić information content (AvgIpc) is 3.21. The van der Waals surface area contributed by atoms with Crippen molar-refractivity contribution in [2.24, 2.45) is 0 Å². The molecule has 2 aromatic heterocycles. The van der Waals surface area contributed by atoms with Crippen molar-refractivity contribution in [2.75, 3.05) is 0 Å². The Morgan fingerprint density at radius 1 is 0.867 bits per heavy atom. The number of hydrogen-bond donors (Lipinski definition) is 0. The zero-order valence-corrected chi connectivity index (χ0v) is 17.1. The summed E-state index contributed by atoms with van der Waals surface area (Å²) >= 11 is 1.54. The third-order valence-electron chi connectivity index (χ3n) is 5.05. The molecule has 3 aromatic carbocycles. The number of thiazole rings is 1. The monoisotopic (exact) mass is 410 g/mol. The number of para-hydroxylation sites is 2. The fraction of sp³-hybridized carbons (Fsp3) is 0.0800. The first-order valence-electron chi connectivity index (χ1n) is 9.67. The summed E-state index contributed by atoms with van der Waals surface area (Å²) in [5.74, 6) is -0.359. The van der Waals surface area contributed by atoms with Crippen LogP contribution >= 0.6 is 11.3 Å². The molecule has 0 saturated heterocycles. The Morgan fingerprint density at radius 3 is 2.37 bits per heavy atom. The Hall–Kier alpha value is -3.57. The van der Waals surface area contributed by atoms with E-state index in [4.69, 9.17) is 9.72 Å². The largest absolute Gasteiger partial charge is 0.455 e. The Labute approximate surface area is 177 Å². The fourth-order valence-electron chi connectivity index (χ4n) is 3.63. The average molecular weight is 410 g/mol. The van der Waals surface area contributed by atoms with Gasteiger partial charge in [0.25, 0.3) is 0 Å². The number of pyridine rings is 1. The molecule has 0 saturated carbocycles. The van der Waals surface area contributed by atoms with Crippen LogP contribution in [-0.2, 0) is 11.3 Å². The van der Waals surface area contributed by atoms with Crippen LogP contribution in [0.3, 0.4) is 0 Å². The maximum Gasteiger partial charge on any atom is 0.339 e. The maximum atomic E-state index is 13.2. The van der Waals surface area contributed by atoms with E-state index in [0.29, 0.717) is 5.56 Å². The smallest absolute Gasteiger partial charge is 0.339 e. The number of nitrogens with zero attached hydrogens (tertiary/aromatic N) is 2. The molecule has 0 aliphatic rings. The summed E-state index contributed by atoms with van der Waals surface area (Å²) in [4.78, 5) is 22.6. The van der Waals surface area contributed by atoms with Gasteiger partial charge in [0, 0.05) is 10.9 Å². The second-order valence-corrected chi connectivity index (χ2v) is 8.11. The van der Waals surface area contributed by atoms with Gasteiger partial charge >= 0.3 is 5.97 Å². The highest BCUT2D eigenvalue weighted by Gasteiger charge is 2.20. The summed E-state index contributed by atoms with van der Waals surface area (Å²) in [6.07, 6.45) is 0. The second kappa shape index (κ2) is 7.69. The van der Waals surface area contributed by atoms with Crippen molar-refractivity contribution in [2.45, 2.75) is 13.5 Å². The van der Waals surface area contributed by atoms with Gasteiger partial charge in [0.05, 0.1) is 27.0 Å². The maximum absolute atomic E-state index is 13.2. The van der Waals surface area contributed by atoms with E-state index in [1.54, 1.807) is 11.3 Å². The van der Waals surface area contributed by atoms with Crippen molar-refractivity contribution in [1.82, 2.24) is 9.97 Å². The van der Waals surface area contributed by atoms with Crippen LogP contribution in [0.2, 0.25) is 0 Å². The highest BCUT2D eigenvalue weighted by atomic mass is 32.1. The van der Waals surface area contributed by atoms with Crippen LogP contribution in [0.25, 0.3) is 32.4 Å². The normalized spacial score (nSPS) is 11.1. The van der Waals surface area contributed by atoms with Crippen LogP contribution in [-0.4, -0.2) is 15.9 Å². The van der Waals surface area contributed by atoms with Crippen molar-refractivity contribution in [1.29, 1.82) is 0 Å². The summed E-state index contributed by atoms with van der Waals surface area (Å²) < 4.78 is 6.79. The van der Waals surface area contributed by atoms with Gasteiger partial charge in [0.15, 0.2) is 0 Å². The summed E-state index contributed by atoms with van der Waals surface area (Å²) in [7, 11) is 0. The highest BCUT2D eigenvalue weighted by molar-refractivity contribution is 7.18. The van der Waals surface area contributed by atoms with E-state index in [1.807, 2.05) is 85.8 Å². The van der Waals surface area contributed by atoms with Crippen molar-refractivity contribution < 1.29 is 9.53 Å². The van der Waals surface area contributed by atoms with Crippen molar-refractivity contribution in [3.05, 3.63) is 95.0 Å². The number of benzene rings is 3. The minimum absolute atomic E-state index is 0.148. The number of carbonyl (C=O) groups excluding carboxylic acids is 1. The first kappa shape index (κ1) is 18.5. The van der Waals surface area contributed by atoms with E-state index in [1.165, 1.54) is 0 Å². The summed E-state index contributed by atoms with van der Waals surface area (Å²) in [6.45, 7) is 2.07.